The maximum absolute atomic E-state index is 14.4. The molecule has 0 aromatic carbocycles. The van der Waals surface area contributed by atoms with Crippen molar-refractivity contribution in [1.29, 1.82) is 0 Å². The molecular formula is C18H13F2N5O4. The van der Waals surface area contributed by atoms with E-state index in [0.717, 1.165) is 17.0 Å². The molecule has 3 aromatic heterocycles. The van der Waals surface area contributed by atoms with E-state index in [1.54, 1.807) is 6.92 Å². The molecule has 3 aromatic rings. The van der Waals surface area contributed by atoms with Crippen molar-refractivity contribution in [3.8, 4) is 5.82 Å². The summed E-state index contributed by atoms with van der Waals surface area (Å²) in [6, 6.07) is 2.75. The highest BCUT2D eigenvalue weighted by atomic mass is 19.1. The number of nitrogens with zero attached hydrogens (tertiary/aromatic N) is 4. The molecule has 1 atom stereocenters. The van der Waals surface area contributed by atoms with Gasteiger partial charge in [-0.2, -0.15) is 0 Å². The molecule has 0 spiro atoms. The summed E-state index contributed by atoms with van der Waals surface area (Å²) in [6.07, 6.45) is 1.63. The van der Waals surface area contributed by atoms with Gasteiger partial charge in [-0.25, -0.2) is 28.3 Å². The summed E-state index contributed by atoms with van der Waals surface area (Å²) in [6.45, 7) is 2.11. The van der Waals surface area contributed by atoms with Gasteiger partial charge < -0.3 is 10.4 Å². The lowest BCUT2D eigenvalue weighted by atomic mass is 10.2. The van der Waals surface area contributed by atoms with Crippen LogP contribution in [0.1, 0.15) is 17.3 Å². The van der Waals surface area contributed by atoms with E-state index in [0.29, 0.717) is 12.6 Å². The van der Waals surface area contributed by atoms with Crippen LogP contribution in [0.3, 0.4) is 0 Å². The highest BCUT2D eigenvalue weighted by Crippen LogP contribution is 2.22. The molecule has 1 fully saturated rings. The third-order valence-electron chi connectivity index (χ3n) is 4.43. The largest absolute Gasteiger partial charge is 0.477 e. The second-order valence-electron chi connectivity index (χ2n) is 6.51. The molecule has 11 heteroatoms. The minimum absolute atomic E-state index is 0.119. The first-order valence-corrected chi connectivity index (χ1v) is 8.45. The number of carbonyl (C=O) groups is 2. The van der Waals surface area contributed by atoms with Crippen LogP contribution in [-0.2, 0) is 0 Å². The zero-order valence-corrected chi connectivity index (χ0v) is 14.9. The Bertz CT molecular complexity index is 1240. The lowest BCUT2D eigenvalue weighted by Gasteiger charge is -2.16. The molecule has 2 N–H and O–H groups in total. The quantitative estimate of drug-likeness (QED) is 0.690. The van der Waals surface area contributed by atoms with Crippen LogP contribution in [-0.4, -0.2) is 44.2 Å². The van der Waals surface area contributed by atoms with Crippen LogP contribution >= 0.6 is 0 Å². The van der Waals surface area contributed by atoms with Gasteiger partial charge in [0.2, 0.25) is 5.43 Å². The second-order valence-corrected chi connectivity index (χ2v) is 6.51. The first-order chi connectivity index (χ1) is 13.8. The zero-order chi connectivity index (χ0) is 20.9. The van der Waals surface area contributed by atoms with Crippen molar-refractivity contribution in [3.05, 3.63) is 58.0 Å². The molecular weight excluding hydrogens is 388 g/mol. The van der Waals surface area contributed by atoms with Gasteiger partial charge in [0, 0.05) is 24.8 Å². The molecule has 1 aliphatic rings. The van der Waals surface area contributed by atoms with Crippen molar-refractivity contribution >= 4 is 28.9 Å². The number of anilines is 1. The number of carbonyl (C=O) groups excluding carboxylic acids is 1. The van der Waals surface area contributed by atoms with E-state index < -0.39 is 40.4 Å². The molecule has 0 saturated carbocycles. The summed E-state index contributed by atoms with van der Waals surface area (Å²) in [5.74, 6) is -3.79. The summed E-state index contributed by atoms with van der Waals surface area (Å²) in [4.78, 5) is 45.4. The van der Waals surface area contributed by atoms with E-state index in [-0.39, 0.29) is 22.9 Å². The molecule has 29 heavy (non-hydrogen) atoms. The van der Waals surface area contributed by atoms with Crippen molar-refractivity contribution in [2.24, 2.45) is 0 Å². The molecule has 1 aliphatic heterocycles. The van der Waals surface area contributed by atoms with Crippen molar-refractivity contribution < 1.29 is 23.5 Å². The van der Waals surface area contributed by atoms with Gasteiger partial charge in [0.25, 0.3) is 0 Å². The van der Waals surface area contributed by atoms with Crippen molar-refractivity contribution in [2.75, 3.05) is 11.4 Å². The van der Waals surface area contributed by atoms with Gasteiger partial charge >= 0.3 is 12.0 Å². The number of pyridine rings is 3. The first-order valence-electron chi connectivity index (χ1n) is 8.45. The third-order valence-corrected chi connectivity index (χ3v) is 4.43. The molecule has 0 radical (unpaired) electrons. The zero-order valence-electron chi connectivity index (χ0n) is 14.9. The Morgan fingerprint density at radius 1 is 1.31 bits per heavy atom. The Balaban J connectivity index is 2.02. The van der Waals surface area contributed by atoms with Gasteiger partial charge in [-0.1, -0.05) is 0 Å². The topological polar surface area (TPSA) is 117 Å². The highest BCUT2D eigenvalue weighted by Gasteiger charge is 2.28. The number of carboxylic acid groups (broad SMARTS) is 1. The van der Waals surface area contributed by atoms with E-state index in [1.807, 2.05) is 0 Å². The normalized spacial score (nSPS) is 16.3. The fraction of sp³-hybridized carbons (Fsp3) is 0.167. The third kappa shape index (κ3) is 3.06. The standard InChI is InChI=1S/C18H13F2N5O4/c1-8-6-24(18(29)22-8)13-3-2-10-14(26)11(17(27)28)7-25(15(10)23-13)16-12(20)4-9(19)5-21-16/h2-5,7-8H,6H2,1H3,(H,22,29)(H,27,28). The maximum Gasteiger partial charge on any atom is 0.341 e. The Kier molecular flexibility index (Phi) is 4.22. The number of fused-ring (bicyclic) bond motifs is 1. The average Bonchev–Trinajstić information content (AvgIpc) is 3.00. The number of aromatic nitrogens is 3. The minimum Gasteiger partial charge on any atom is -0.477 e. The monoisotopic (exact) mass is 401 g/mol. The smallest absolute Gasteiger partial charge is 0.341 e. The molecule has 1 saturated heterocycles. The summed E-state index contributed by atoms with van der Waals surface area (Å²) in [7, 11) is 0. The molecule has 0 bridgehead atoms. The van der Waals surface area contributed by atoms with E-state index in [4.69, 9.17) is 0 Å². The maximum atomic E-state index is 14.4. The lowest BCUT2D eigenvalue weighted by Crippen LogP contribution is -2.29. The number of rotatable bonds is 3. The fourth-order valence-electron chi connectivity index (χ4n) is 3.13. The Labute approximate surface area is 161 Å². The lowest BCUT2D eigenvalue weighted by molar-refractivity contribution is 0.0695. The number of urea groups is 1. The van der Waals surface area contributed by atoms with Crippen molar-refractivity contribution in [3.63, 3.8) is 0 Å². The predicted octanol–water partition coefficient (Wildman–Crippen LogP) is 1.68. The number of halogens is 2. The summed E-state index contributed by atoms with van der Waals surface area (Å²) >= 11 is 0. The number of nitrogens with one attached hydrogen (secondary N) is 1. The molecule has 0 aliphatic carbocycles. The molecule has 4 rings (SSSR count). The van der Waals surface area contributed by atoms with Crippen LogP contribution in [0.15, 0.2) is 35.4 Å². The van der Waals surface area contributed by atoms with Gasteiger partial charge in [-0.05, 0) is 19.1 Å². The van der Waals surface area contributed by atoms with Crippen molar-refractivity contribution in [1.82, 2.24) is 19.9 Å². The van der Waals surface area contributed by atoms with Crippen LogP contribution in [0.4, 0.5) is 19.4 Å². The van der Waals surface area contributed by atoms with Crippen LogP contribution in [0.25, 0.3) is 16.9 Å². The van der Waals surface area contributed by atoms with E-state index >= 15 is 0 Å². The Morgan fingerprint density at radius 3 is 2.69 bits per heavy atom. The van der Waals surface area contributed by atoms with Gasteiger partial charge in [0.05, 0.1) is 11.6 Å². The highest BCUT2D eigenvalue weighted by molar-refractivity contribution is 5.96. The molecule has 2 amide bonds. The summed E-state index contributed by atoms with van der Waals surface area (Å²) < 4.78 is 28.6. The number of amides is 2. The SMILES string of the molecule is CC1CN(c2ccc3c(=O)c(C(=O)O)cn(-c4ncc(F)cc4F)c3n2)C(=O)N1. The van der Waals surface area contributed by atoms with E-state index in [9.17, 15) is 28.3 Å². The molecule has 1 unspecified atom stereocenters. The van der Waals surface area contributed by atoms with Crippen LogP contribution < -0.4 is 15.6 Å². The fourth-order valence-corrected chi connectivity index (χ4v) is 3.13. The van der Waals surface area contributed by atoms with Crippen LogP contribution in [0, 0.1) is 11.6 Å². The Hall–Kier alpha value is -3.89. The number of aromatic carboxylic acids is 1. The Morgan fingerprint density at radius 2 is 2.07 bits per heavy atom. The molecule has 9 nitrogen and oxygen atoms in total. The summed E-state index contributed by atoms with van der Waals surface area (Å²) in [5.41, 5.74) is -1.59. The first kappa shape index (κ1) is 18.5. The molecule has 148 valence electrons. The average molecular weight is 401 g/mol. The number of hydrogen-bond acceptors (Lipinski definition) is 5. The van der Waals surface area contributed by atoms with Crippen LogP contribution in [0.2, 0.25) is 0 Å². The van der Waals surface area contributed by atoms with E-state index in [1.165, 1.54) is 17.0 Å². The minimum atomic E-state index is -1.52. The van der Waals surface area contributed by atoms with Gasteiger partial charge in [0.15, 0.2) is 17.3 Å². The van der Waals surface area contributed by atoms with Crippen LogP contribution in [0.5, 0.6) is 0 Å². The summed E-state index contributed by atoms with van der Waals surface area (Å²) in [5, 5.41) is 11.9. The predicted molar refractivity (Wildman–Crippen MR) is 97.4 cm³/mol. The van der Waals surface area contributed by atoms with E-state index in [2.05, 4.69) is 15.3 Å². The molecule has 4 heterocycles. The van der Waals surface area contributed by atoms with Crippen molar-refractivity contribution in [2.45, 2.75) is 13.0 Å². The number of carboxylic acids is 1. The van der Waals surface area contributed by atoms with Gasteiger partial charge in [-0.3, -0.25) is 14.3 Å². The van der Waals surface area contributed by atoms with Gasteiger partial charge in [0.1, 0.15) is 17.2 Å². The second kappa shape index (κ2) is 6.62. The number of hydrogen-bond donors (Lipinski definition) is 2. The van der Waals surface area contributed by atoms with Gasteiger partial charge in [-0.15, -0.1) is 0 Å².